The van der Waals surface area contributed by atoms with E-state index in [1.54, 1.807) is 18.2 Å². The molecule has 1 saturated heterocycles. The van der Waals surface area contributed by atoms with Crippen LogP contribution < -0.4 is 5.32 Å². The molecule has 0 aromatic heterocycles. The van der Waals surface area contributed by atoms with Crippen LogP contribution in [0.5, 0.6) is 0 Å². The molecule has 0 saturated carbocycles. The van der Waals surface area contributed by atoms with Crippen molar-refractivity contribution in [3.63, 3.8) is 0 Å². The summed E-state index contributed by atoms with van der Waals surface area (Å²) in [5.41, 5.74) is 4.07. The van der Waals surface area contributed by atoms with Crippen molar-refractivity contribution in [1.29, 1.82) is 0 Å². The number of amides is 1. The zero-order chi connectivity index (χ0) is 22.9. The van der Waals surface area contributed by atoms with E-state index in [4.69, 9.17) is 23.2 Å². The van der Waals surface area contributed by atoms with Gasteiger partial charge < -0.3 is 5.32 Å². The lowest BCUT2D eigenvalue weighted by Gasteiger charge is -2.34. The summed E-state index contributed by atoms with van der Waals surface area (Å²) in [6, 6.07) is 6.87. The van der Waals surface area contributed by atoms with Crippen LogP contribution in [0.1, 0.15) is 22.3 Å². The third kappa shape index (κ3) is 5.41. The fourth-order valence-electron chi connectivity index (χ4n) is 3.85. The van der Waals surface area contributed by atoms with Gasteiger partial charge in [-0.1, -0.05) is 29.3 Å². The minimum absolute atomic E-state index is 0.166. The number of hydrogen-bond acceptors (Lipinski definition) is 4. The van der Waals surface area contributed by atoms with Crippen LogP contribution in [-0.2, 0) is 14.8 Å². The Labute approximate surface area is 194 Å². The van der Waals surface area contributed by atoms with Gasteiger partial charge in [-0.15, -0.1) is 0 Å². The lowest BCUT2D eigenvalue weighted by molar-refractivity contribution is -0.117. The number of carbonyl (C=O) groups is 1. The highest BCUT2D eigenvalue weighted by Gasteiger charge is 2.32. The molecule has 9 heteroatoms. The summed E-state index contributed by atoms with van der Waals surface area (Å²) in [4.78, 5) is 14.7. The lowest BCUT2D eigenvalue weighted by atomic mass is 10.0. The molecule has 0 spiro atoms. The molecule has 1 heterocycles. The van der Waals surface area contributed by atoms with Crippen molar-refractivity contribution in [3.8, 4) is 0 Å². The Bertz CT molecular complexity index is 1060. The maximum atomic E-state index is 13.4. The van der Waals surface area contributed by atoms with E-state index in [1.165, 1.54) is 4.31 Å². The maximum Gasteiger partial charge on any atom is 0.243 e. The van der Waals surface area contributed by atoms with Crippen molar-refractivity contribution >= 4 is 44.8 Å². The van der Waals surface area contributed by atoms with Crippen LogP contribution >= 0.6 is 23.2 Å². The Morgan fingerprint density at radius 1 is 0.903 bits per heavy atom. The SMILES string of the molecule is Cc1cc(C)c(C)c(S(=O)(=O)N2CCN(CC(=O)Nc3cc(Cl)cc(Cl)c3)CC2)c1C. The summed E-state index contributed by atoms with van der Waals surface area (Å²) in [6.45, 7) is 9.38. The highest BCUT2D eigenvalue weighted by atomic mass is 35.5. The number of sulfonamides is 1. The molecular formula is C22H27Cl2N3O3S. The third-order valence-corrected chi connectivity index (χ3v) is 8.35. The fourth-order valence-corrected chi connectivity index (χ4v) is 6.38. The molecule has 6 nitrogen and oxygen atoms in total. The highest BCUT2D eigenvalue weighted by molar-refractivity contribution is 7.89. The number of nitrogens with zero attached hydrogens (tertiary/aromatic N) is 2. The van der Waals surface area contributed by atoms with Crippen LogP contribution in [0.25, 0.3) is 0 Å². The Balaban J connectivity index is 1.65. The van der Waals surface area contributed by atoms with Crippen LogP contribution in [0.4, 0.5) is 5.69 Å². The first-order chi connectivity index (χ1) is 14.5. The van der Waals surface area contributed by atoms with E-state index in [0.29, 0.717) is 46.8 Å². The van der Waals surface area contributed by atoms with Gasteiger partial charge >= 0.3 is 0 Å². The van der Waals surface area contributed by atoms with Gasteiger partial charge in [0.25, 0.3) is 0 Å². The number of carbonyl (C=O) groups excluding carboxylic acids is 1. The second-order valence-corrected chi connectivity index (χ2v) is 10.7. The minimum Gasteiger partial charge on any atom is -0.325 e. The second kappa shape index (κ2) is 9.46. The Hall–Kier alpha value is -1.64. The first-order valence-electron chi connectivity index (χ1n) is 10.0. The van der Waals surface area contributed by atoms with Gasteiger partial charge in [-0.2, -0.15) is 4.31 Å². The largest absolute Gasteiger partial charge is 0.325 e. The van der Waals surface area contributed by atoms with Crippen molar-refractivity contribution in [2.75, 3.05) is 38.0 Å². The van der Waals surface area contributed by atoms with Gasteiger partial charge in [0.1, 0.15) is 0 Å². The smallest absolute Gasteiger partial charge is 0.243 e. The number of nitrogens with one attached hydrogen (secondary N) is 1. The Morgan fingerprint density at radius 3 is 1.94 bits per heavy atom. The number of hydrogen-bond donors (Lipinski definition) is 1. The van der Waals surface area contributed by atoms with Crippen LogP contribution in [0.2, 0.25) is 10.0 Å². The number of anilines is 1. The van der Waals surface area contributed by atoms with Gasteiger partial charge in [-0.25, -0.2) is 8.42 Å². The van der Waals surface area contributed by atoms with Crippen molar-refractivity contribution in [3.05, 3.63) is 56.6 Å². The molecule has 1 aliphatic heterocycles. The maximum absolute atomic E-state index is 13.4. The van der Waals surface area contributed by atoms with Crippen LogP contribution in [0.15, 0.2) is 29.2 Å². The van der Waals surface area contributed by atoms with E-state index in [-0.39, 0.29) is 12.5 Å². The second-order valence-electron chi connectivity index (χ2n) is 7.98. The number of halogens is 2. The van der Waals surface area contributed by atoms with Crippen LogP contribution in [-0.4, -0.2) is 56.3 Å². The zero-order valence-corrected chi connectivity index (χ0v) is 20.5. The molecule has 2 aromatic carbocycles. The molecule has 31 heavy (non-hydrogen) atoms. The van der Waals surface area contributed by atoms with Gasteiger partial charge in [0.15, 0.2) is 0 Å². The molecule has 1 amide bonds. The molecule has 0 aliphatic carbocycles. The van der Waals surface area contributed by atoms with E-state index < -0.39 is 10.0 Å². The summed E-state index contributed by atoms with van der Waals surface area (Å²) in [5.74, 6) is -0.198. The fraction of sp³-hybridized carbons (Fsp3) is 0.409. The zero-order valence-electron chi connectivity index (χ0n) is 18.1. The monoisotopic (exact) mass is 483 g/mol. The van der Waals surface area contributed by atoms with Crippen molar-refractivity contribution in [2.24, 2.45) is 0 Å². The van der Waals surface area contributed by atoms with Crippen molar-refractivity contribution in [1.82, 2.24) is 9.21 Å². The van der Waals surface area contributed by atoms with Crippen LogP contribution in [0.3, 0.4) is 0 Å². The number of aryl methyl sites for hydroxylation is 2. The predicted molar refractivity (Wildman–Crippen MR) is 126 cm³/mol. The molecule has 0 bridgehead atoms. The molecule has 0 atom stereocenters. The van der Waals surface area contributed by atoms with Gasteiger partial charge in [0.2, 0.25) is 15.9 Å². The van der Waals surface area contributed by atoms with E-state index in [9.17, 15) is 13.2 Å². The molecular weight excluding hydrogens is 457 g/mol. The minimum atomic E-state index is -3.60. The Morgan fingerprint density at radius 2 is 1.42 bits per heavy atom. The van der Waals surface area contributed by atoms with E-state index in [1.807, 2.05) is 38.7 Å². The molecule has 0 radical (unpaired) electrons. The molecule has 2 aromatic rings. The Kier molecular flexibility index (Phi) is 7.33. The molecule has 0 unspecified atom stereocenters. The predicted octanol–water partition coefficient (Wildman–Crippen LogP) is 4.17. The van der Waals surface area contributed by atoms with Gasteiger partial charge in [0, 0.05) is 41.9 Å². The van der Waals surface area contributed by atoms with E-state index in [0.717, 1.165) is 22.3 Å². The van der Waals surface area contributed by atoms with Gasteiger partial charge in [-0.05, 0) is 68.1 Å². The summed E-state index contributed by atoms with van der Waals surface area (Å²) in [6.07, 6.45) is 0. The number of benzene rings is 2. The molecule has 1 fully saturated rings. The topological polar surface area (TPSA) is 69.7 Å². The molecule has 1 N–H and O–H groups in total. The summed E-state index contributed by atoms with van der Waals surface area (Å²) in [7, 11) is -3.60. The van der Waals surface area contributed by atoms with Crippen LogP contribution in [0, 0.1) is 27.7 Å². The number of piperazine rings is 1. The molecule has 168 valence electrons. The van der Waals surface area contributed by atoms with Gasteiger partial charge in [-0.3, -0.25) is 9.69 Å². The van der Waals surface area contributed by atoms with Crippen molar-refractivity contribution in [2.45, 2.75) is 32.6 Å². The average Bonchev–Trinajstić information content (AvgIpc) is 2.66. The summed E-state index contributed by atoms with van der Waals surface area (Å²) >= 11 is 11.9. The summed E-state index contributed by atoms with van der Waals surface area (Å²) in [5, 5.41) is 3.67. The first kappa shape index (κ1) is 24.0. The first-order valence-corrected chi connectivity index (χ1v) is 12.2. The van der Waals surface area contributed by atoms with E-state index >= 15 is 0 Å². The third-order valence-electron chi connectivity index (χ3n) is 5.74. The van der Waals surface area contributed by atoms with Gasteiger partial charge in [0.05, 0.1) is 11.4 Å². The highest BCUT2D eigenvalue weighted by Crippen LogP contribution is 2.29. The average molecular weight is 484 g/mol. The normalized spacial score (nSPS) is 15.8. The molecule has 1 aliphatic rings. The number of rotatable bonds is 5. The van der Waals surface area contributed by atoms with E-state index in [2.05, 4.69) is 5.32 Å². The lowest BCUT2D eigenvalue weighted by Crippen LogP contribution is -2.50. The summed E-state index contributed by atoms with van der Waals surface area (Å²) < 4.78 is 28.3. The van der Waals surface area contributed by atoms with Crippen molar-refractivity contribution < 1.29 is 13.2 Å². The standard InChI is InChI=1S/C22H27Cl2N3O3S/c1-14-9-15(2)17(4)22(16(14)3)31(29,30)27-7-5-26(6-8-27)13-21(28)25-20-11-18(23)10-19(24)12-20/h9-12H,5-8,13H2,1-4H3,(H,25,28). The quantitative estimate of drug-likeness (QED) is 0.692. The molecule has 3 rings (SSSR count).